The summed E-state index contributed by atoms with van der Waals surface area (Å²) < 4.78 is 1.79. The first kappa shape index (κ1) is 13.2. The zero-order valence-electron chi connectivity index (χ0n) is 10.8. The average molecular weight is 261 g/mol. The number of hydrogen-bond donors (Lipinski definition) is 1. The summed E-state index contributed by atoms with van der Waals surface area (Å²) in [7, 11) is 0. The lowest BCUT2D eigenvalue weighted by molar-refractivity contribution is -0.384. The van der Waals surface area contributed by atoms with Crippen molar-refractivity contribution in [2.45, 2.75) is 27.0 Å². The molecule has 19 heavy (non-hydrogen) atoms. The number of aliphatic hydroxyl groups excluding tert-OH is 1. The van der Waals surface area contributed by atoms with Gasteiger partial charge < -0.3 is 5.11 Å². The highest BCUT2D eigenvalue weighted by atomic mass is 16.6. The van der Waals surface area contributed by atoms with Crippen LogP contribution in [0.25, 0.3) is 0 Å². The van der Waals surface area contributed by atoms with E-state index < -0.39 is 4.92 Å². The van der Waals surface area contributed by atoms with Gasteiger partial charge in [-0.25, -0.2) is 0 Å². The minimum Gasteiger partial charge on any atom is -0.392 e. The summed E-state index contributed by atoms with van der Waals surface area (Å²) in [6, 6.07) is 6.39. The van der Waals surface area contributed by atoms with Gasteiger partial charge in [0, 0.05) is 23.4 Å². The Balaban J connectivity index is 2.24. The van der Waals surface area contributed by atoms with Crippen molar-refractivity contribution in [1.29, 1.82) is 0 Å². The van der Waals surface area contributed by atoms with Gasteiger partial charge in [-0.2, -0.15) is 5.10 Å². The maximum Gasteiger partial charge on any atom is 0.269 e. The molecule has 0 saturated heterocycles. The molecule has 0 atom stereocenters. The number of nitrogens with zero attached hydrogens (tertiary/aromatic N) is 3. The molecule has 0 fully saturated rings. The molecule has 2 rings (SSSR count). The number of nitro groups is 1. The van der Waals surface area contributed by atoms with E-state index in [-0.39, 0.29) is 12.3 Å². The van der Waals surface area contributed by atoms with Gasteiger partial charge in [0.1, 0.15) is 0 Å². The molecule has 0 bridgehead atoms. The normalized spacial score (nSPS) is 10.7. The van der Waals surface area contributed by atoms with E-state index in [2.05, 4.69) is 5.10 Å². The molecule has 0 saturated carbocycles. The molecule has 6 nitrogen and oxygen atoms in total. The molecule has 0 radical (unpaired) electrons. The minimum atomic E-state index is -0.420. The molecule has 0 amide bonds. The highest BCUT2D eigenvalue weighted by Crippen LogP contribution is 2.16. The summed E-state index contributed by atoms with van der Waals surface area (Å²) in [5.41, 5.74) is 3.57. The lowest BCUT2D eigenvalue weighted by Crippen LogP contribution is -2.04. The second-order valence-electron chi connectivity index (χ2n) is 4.39. The molecular formula is C13H15N3O3. The summed E-state index contributed by atoms with van der Waals surface area (Å²) in [5, 5.41) is 24.2. The lowest BCUT2D eigenvalue weighted by atomic mass is 10.2. The Hall–Kier alpha value is -2.21. The van der Waals surface area contributed by atoms with Crippen LogP contribution in [0.5, 0.6) is 0 Å². The number of aromatic nitrogens is 2. The minimum absolute atomic E-state index is 0.0298. The first-order chi connectivity index (χ1) is 9.02. The maximum absolute atomic E-state index is 10.6. The number of nitro benzene ring substituents is 1. The molecule has 0 spiro atoms. The van der Waals surface area contributed by atoms with Crippen molar-refractivity contribution in [3.8, 4) is 0 Å². The smallest absolute Gasteiger partial charge is 0.269 e. The number of non-ortho nitro benzene ring substituents is 1. The van der Waals surface area contributed by atoms with Gasteiger partial charge in [-0.3, -0.25) is 14.8 Å². The molecule has 1 heterocycles. The quantitative estimate of drug-likeness (QED) is 0.673. The number of aliphatic hydroxyl groups is 1. The van der Waals surface area contributed by atoms with Gasteiger partial charge >= 0.3 is 0 Å². The van der Waals surface area contributed by atoms with E-state index in [1.807, 2.05) is 13.8 Å². The number of benzene rings is 1. The van der Waals surface area contributed by atoms with E-state index in [0.717, 1.165) is 22.5 Å². The van der Waals surface area contributed by atoms with Crippen LogP contribution >= 0.6 is 0 Å². The molecule has 0 aliphatic rings. The largest absolute Gasteiger partial charge is 0.392 e. The summed E-state index contributed by atoms with van der Waals surface area (Å²) in [6.45, 7) is 4.25. The van der Waals surface area contributed by atoms with E-state index in [1.54, 1.807) is 16.8 Å². The second-order valence-corrected chi connectivity index (χ2v) is 4.39. The van der Waals surface area contributed by atoms with Crippen molar-refractivity contribution in [3.63, 3.8) is 0 Å². The molecule has 1 aromatic carbocycles. The fourth-order valence-electron chi connectivity index (χ4n) is 2.01. The molecule has 1 aromatic heterocycles. The zero-order valence-corrected chi connectivity index (χ0v) is 10.8. The topological polar surface area (TPSA) is 81.2 Å². The van der Waals surface area contributed by atoms with Crippen LogP contribution in [0.4, 0.5) is 5.69 Å². The van der Waals surface area contributed by atoms with Gasteiger partial charge in [-0.05, 0) is 19.4 Å². The summed E-state index contributed by atoms with van der Waals surface area (Å²) in [4.78, 5) is 10.2. The van der Waals surface area contributed by atoms with E-state index in [0.29, 0.717) is 6.54 Å². The van der Waals surface area contributed by atoms with Crippen LogP contribution < -0.4 is 0 Å². The third-order valence-electron chi connectivity index (χ3n) is 3.17. The van der Waals surface area contributed by atoms with Crippen molar-refractivity contribution < 1.29 is 10.0 Å². The van der Waals surface area contributed by atoms with Crippen molar-refractivity contribution in [2.75, 3.05) is 0 Å². The van der Waals surface area contributed by atoms with Crippen LogP contribution in [-0.4, -0.2) is 19.8 Å². The van der Waals surface area contributed by atoms with Gasteiger partial charge in [-0.15, -0.1) is 0 Å². The lowest BCUT2D eigenvalue weighted by Gasteiger charge is -2.05. The number of hydrogen-bond acceptors (Lipinski definition) is 4. The van der Waals surface area contributed by atoms with E-state index in [4.69, 9.17) is 0 Å². The Morgan fingerprint density at radius 2 is 1.95 bits per heavy atom. The second kappa shape index (κ2) is 5.19. The Labute approximate surface area is 110 Å². The van der Waals surface area contributed by atoms with Crippen LogP contribution in [0.2, 0.25) is 0 Å². The number of aryl methyl sites for hydroxylation is 1. The summed E-state index contributed by atoms with van der Waals surface area (Å²) >= 11 is 0. The van der Waals surface area contributed by atoms with E-state index >= 15 is 0 Å². The SMILES string of the molecule is Cc1nn(Cc2ccc([N+](=O)[O-])cc2)c(C)c1CO. The average Bonchev–Trinajstić information content (AvgIpc) is 2.64. The van der Waals surface area contributed by atoms with Crippen molar-refractivity contribution >= 4 is 5.69 Å². The van der Waals surface area contributed by atoms with Crippen molar-refractivity contribution in [1.82, 2.24) is 9.78 Å². The van der Waals surface area contributed by atoms with Crippen LogP contribution in [0, 0.1) is 24.0 Å². The molecule has 6 heteroatoms. The molecule has 0 aliphatic carbocycles. The maximum atomic E-state index is 10.6. The van der Waals surface area contributed by atoms with Crippen LogP contribution in [0.1, 0.15) is 22.5 Å². The van der Waals surface area contributed by atoms with Gasteiger partial charge in [0.05, 0.1) is 23.8 Å². The van der Waals surface area contributed by atoms with Gasteiger partial charge in [0.15, 0.2) is 0 Å². The monoisotopic (exact) mass is 261 g/mol. The standard InChI is InChI=1S/C13H15N3O3/c1-9-13(8-17)10(2)15(14-9)7-11-3-5-12(6-4-11)16(18)19/h3-6,17H,7-8H2,1-2H3. The molecule has 1 N–H and O–H groups in total. The summed E-state index contributed by atoms with van der Waals surface area (Å²) in [6.07, 6.45) is 0. The van der Waals surface area contributed by atoms with E-state index in [1.165, 1.54) is 12.1 Å². The van der Waals surface area contributed by atoms with Crippen LogP contribution in [0.15, 0.2) is 24.3 Å². The first-order valence-corrected chi connectivity index (χ1v) is 5.90. The van der Waals surface area contributed by atoms with Crippen molar-refractivity contribution in [3.05, 3.63) is 56.9 Å². The molecule has 2 aromatic rings. The third kappa shape index (κ3) is 2.63. The van der Waals surface area contributed by atoms with Crippen LogP contribution in [-0.2, 0) is 13.2 Å². The Bertz CT molecular complexity index is 602. The fourth-order valence-corrected chi connectivity index (χ4v) is 2.01. The molecule has 0 aliphatic heterocycles. The van der Waals surface area contributed by atoms with E-state index in [9.17, 15) is 15.2 Å². The third-order valence-corrected chi connectivity index (χ3v) is 3.17. The highest BCUT2D eigenvalue weighted by molar-refractivity contribution is 5.33. The Kier molecular flexibility index (Phi) is 3.62. The predicted octanol–water partition coefficient (Wildman–Crippen LogP) is 1.95. The zero-order chi connectivity index (χ0) is 14.0. The molecule has 0 unspecified atom stereocenters. The molecular weight excluding hydrogens is 246 g/mol. The number of rotatable bonds is 4. The predicted molar refractivity (Wildman–Crippen MR) is 69.8 cm³/mol. The van der Waals surface area contributed by atoms with Crippen LogP contribution in [0.3, 0.4) is 0 Å². The Morgan fingerprint density at radius 1 is 1.32 bits per heavy atom. The van der Waals surface area contributed by atoms with Gasteiger partial charge in [0.2, 0.25) is 0 Å². The van der Waals surface area contributed by atoms with Gasteiger partial charge in [-0.1, -0.05) is 12.1 Å². The molecule has 100 valence electrons. The Morgan fingerprint density at radius 3 is 2.42 bits per heavy atom. The van der Waals surface area contributed by atoms with Gasteiger partial charge in [0.25, 0.3) is 5.69 Å². The fraction of sp³-hybridized carbons (Fsp3) is 0.308. The summed E-state index contributed by atoms with van der Waals surface area (Å²) in [5.74, 6) is 0. The highest BCUT2D eigenvalue weighted by Gasteiger charge is 2.11. The van der Waals surface area contributed by atoms with Crippen molar-refractivity contribution in [2.24, 2.45) is 0 Å². The first-order valence-electron chi connectivity index (χ1n) is 5.90.